The largest absolute Gasteiger partial charge is 0.325 e. The van der Waals surface area contributed by atoms with E-state index in [0.29, 0.717) is 0 Å². The third-order valence-corrected chi connectivity index (χ3v) is 3.51. The molecule has 0 spiro atoms. The molecule has 0 aliphatic carbocycles. The molecule has 0 radical (unpaired) electrons. The van der Waals surface area contributed by atoms with Crippen LogP contribution in [-0.2, 0) is 4.79 Å². The summed E-state index contributed by atoms with van der Waals surface area (Å²) in [6.45, 7) is 0.922. The van der Waals surface area contributed by atoms with Gasteiger partial charge in [0.25, 0.3) is 0 Å². The number of benzene rings is 1. The Morgan fingerprint density at radius 2 is 2.24 bits per heavy atom. The molecule has 5 nitrogen and oxygen atoms in total. The standard InChI is InChI=1S/C15H18N4O.ClH/c20-15(14-7-1-2-8-16-14)18-12-5-3-6-13(11-12)19-10-4-9-17-19;/h3-6,9-11,14,16H,1-2,7-8H2,(H,18,20);1H. The Kier molecular flexibility index (Phi) is 5.36. The Morgan fingerprint density at radius 3 is 2.95 bits per heavy atom. The number of nitrogens with zero attached hydrogens (tertiary/aromatic N) is 2. The van der Waals surface area contributed by atoms with Gasteiger partial charge in [-0.05, 0) is 43.7 Å². The molecule has 3 rings (SSSR count). The fraction of sp³-hybridized carbons (Fsp3) is 0.333. The number of hydrogen-bond donors (Lipinski definition) is 2. The average Bonchev–Trinajstić information content (AvgIpc) is 3.03. The van der Waals surface area contributed by atoms with Gasteiger partial charge in [0, 0.05) is 18.1 Å². The van der Waals surface area contributed by atoms with Crippen LogP contribution in [0.1, 0.15) is 19.3 Å². The number of carbonyl (C=O) groups excluding carboxylic acids is 1. The first kappa shape index (κ1) is 15.5. The SMILES string of the molecule is Cl.O=C(Nc1cccc(-n2cccn2)c1)C1CCCCN1. The zero-order valence-corrected chi connectivity index (χ0v) is 12.5. The van der Waals surface area contributed by atoms with Crippen LogP contribution in [0.3, 0.4) is 0 Å². The summed E-state index contributed by atoms with van der Waals surface area (Å²) in [5.41, 5.74) is 1.74. The van der Waals surface area contributed by atoms with Crippen LogP contribution in [0.25, 0.3) is 5.69 Å². The van der Waals surface area contributed by atoms with Gasteiger partial charge >= 0.3 is 0 Å². The molecule has 0 bridgehead atoms. The van der Waals surface area contributed by atoms with Gasteiger partial charge in [0.05, 0.1) is 11.7 Å². The summed E-state index contributed by atoms with van der Waals surface area (Å²) in [7, 11) is 0. The molecule has 112 valence electrons. The van der Waals surface area contributed by atoms with Crippen LogP contribution in [0, 0.1) is 0 Å². The van der Waals surface area contributed by atoms with Crippen molar-refractivity contribution in [2.75, 3.05) is 11.9 Å². The maximum atomic E-state index is 12.2. The van der Waals surface area contributed by atoms with E-state index in [9.17, 15) is 4.79 Å². The third kappa shape index (κ3) is 3.83. The summed E-state index contributed by atoms with van der Waals surface area (Å²) in [4.78, 5) is 12.2. The van der Waals surface area contributed by atoms with Gasteiger partial charge in [0.1, 0.15) is 0 Å². The maximum absolute atomic E-state index is 12.2. The average molecular weight is 307 g/mol. The number of amides is 1. The van der Waals surface area contributed by atoms with Crippen LogP contribution < -0.4 is 10.6 Å². The molecule has 1 fully saturated rings. The second-order valence-corrected chi connectivity index (χ2v) is 4.99. The van der Waals surface area contributed by atoms with Gasteiger partial charge in [-0.3, -0.25) is 4.79 Å². The van der Waals surface area contributed by atoms with Crippen LogP contribution in [-0.4, -0.2) is 28.3 Å². The number of anilines is 1. The van der Waals surface area contributed by atoms with Crippen molar-refractivity contribution in [3.8, 4) is 5.69 Å². The van der Waals surface area contributed by atoms with E-state index >= 15 is 0 Å². The van der Waals surface area contributed by atoms with E-state index < -0.39 is 0 Å². The predicted molar refractivity (Wildman–Crippen MR) is 85.1 cm³/mol. The van der Waals surface area contributed by atoms with Crippen molar-refractivity contribution in [1.29, 1.82) is 0 Å². The van der Waals surface area contributed by atoms with Crippen molar-refractivity contribution < 1.29 is 4.79 Å². The molecular weight excluding hydrogens is 288 g/mol. The molecule has 1 amide bonds. The number of halogens is 1. The molecule has 1 aromatic heterocycles. The molecule has 6 heteroatoms. The number of rotatable bonds is 3. The van der Waals surface area contributed by atoms with Crippen molar-refractivity contribution in [2.45, 2.75) is 25.3 Å². The van der Waals surface area contributed by atoms with Crippen LogP contribution in [0.5, 0.6) is 0 Å². The number of carbonyl (C=O) groups is 1. The first-order chi connectivity index (χ1) is 9.83. The second kappa shape index (κ2) is 7.24. The van der Waals surface area contributed by atoms with E-state index in [1.807, 2.05) is 36.5 Å². The fourth-order valence-corrected chi connectivity index (χ4v) is 2.45. The monoisotopic (exact) mass is 306 g/mol. The molecule has 1 unspecified atom stereocenters. The summed E-state index contributed by atoms with van der Waals surface area (Å²) < 4.78 is 1.77. The molecular formula is C15H19ClN4O. The lowest BCUT2D eigenvalue weighted by atomic mass is 10.0. The maximum Gasteiger partial charge on any atom is 0.241 e. The zero-order valence-electron chi connectivity index (χ0n) is 11.7. The Hall–Kier alpha value is -1.85. The summed E-state index contributed by atoms with van der Waals surface area (Å²) in [6, 6.07) is 9.50. The van der Waals surface area contributed by atoms with Gasteiger partial charge in [0.15, 0.2) is 0 Å². The molecule has 1 aromatic carbocycles. The highest BCUT2D eigenvalue weighted by molar-refractivity contribution is 5.95. The molecule has 21 heavy (non-hydrogen) atoms. The summed E-state index contributed by atoms with van der Waals surface area (Å²) in [5.74, 6) is 0.0438. The lowest BCUT2D eigenvalue weighted by molar-refractivity contribution is -0.118. The lowest BCUT2D eigenvalue weighted by Crippen LogP contribution is -2.43. The first-order valence-corrected chi connectivity index (χ1v) is 6.97. The predicted octanol–water partition coefficient (Wildman–Crippen LogP) is 2.37. The highest BCUT2D eigenvalue weighted by Crippen LogP contribution is 2.15. The molecule has 2 heterocycles. The van der Waals surface area contributed by atoms with Gasteiger partial charge in [-0.2, -0.15) is 5.10 Å². The lowest BCUT2D eigenvalue weighted by Gasteiger charge is -2.22. The molecule has 1 aliphatic heterocycles. The minimum absolute atomic E-state index is 0. The summed E-state index contributed by atoms with van der Waals surface area (Å²) in [6.07, 6.45) is 6.78. The minimum atomic E-state index is -0.0721. The van der Waals surface area contributed by atoms with E-state index in [2.05, 4.69) is 15.7 Å². The highest BCUT2D eigenvalue weighted by Gasteiger charge is 2.20. The molecule has 1 atom stereocenters. The quantitative estimate of drug-likeness (QED) is 0.915. The number of aromatic nitrogens is 2. The van der Waals surface area contributed by atoms with Crippen LogP contribution in [0.4, 0.5) is 5.69 Å². The Labute approximate surface area is 130 Å². The highest BCUT2D eigenvalue weighted by atomic mass is 35.5. The van der Waals surface area contributed by atoms with Crippen LogP contribution in [0.2, 0.25) is 0 Å². The summed E-state index contributed by atoms with van der Waals surface area (Å²) >= 11 is 0. The summed E-state index contributed by atoms with van der Waals surface area (Å²) in [5, 5.41) is 10.4. The minimum Gasteiger partial charge on any atom is -0.325 e. The van der Waals surface area contributed by atoms with Crippen LogP contribution in [0.15, 0.2) is 42.7 Å². The number of hydrogen-bond acceptors (Lipinski definition) is 3. The van der Waals surface area contributed by atoms with Gasteiger partial charge in [-0.25, -0.2) is 4.68 Å². The molecule has 2 aromatic rings. The van der Waals surface area contributed by atoms with Crippen molar-refractivity contribution in [1.82, 2.24) is 15.1 Å². The Morgan fingerprint density at radius 1 is 1.33 bits per heavy atom. The number of nitrogens with one attached hydrogen (secondary N) is 2. The molecule has 2 N–H and O–H groups in total. The van der Waals surface area contributed by atoms with Gasteiger partial charge in [0.2, 0.25) is 5.91 Å². The van der Waals surface area contributed by atoms with E-state index in [1.165, 1.54) is 0 Å². The smallest absolute Gasteiger partial charge is 0.241 e. The zero-order chi connectivity index (χ0) is 13.8. The van der Waals surface area contributed by atoms with E-state index in [0.717, 1.165) is 37.2 Å². The third-order valence-electron chi connectivity index (χ3n) is 3.51. The van der Waals surface area contributed by atoms with E-state index in [-0.39, 0.29) is 24.4 Å². The van der Waals surface area contributed by atoms with Crippen molar-refractivity contribution in [3.05, 3.63) is 42.7 Å². The van der Waals surface area contributed by atoms with Crippen molar-refractivity contribution in [3.63, 3.8) is 0 Å². The van der Waals surface area contributed by atoms with Gasteiger partial charge < -0.3 is 10.6 Å². The fourth-order valence-electron chi connectivity index (χ4n) is 2.45. The van der Waals surface area contributed by atoms with Gasteiger partial charge in [-0.15, -0.1) is 12.4 Å². The second-order valence-electron chi connectivity index (χ2n) is 4.99. The Balaban J connectivity index is 0.00000161. The first-order valence-electron chi connectivity index (χ1n) is 6.97. The normalized spacial score (nSPS) is 17.8. The molecule has 1 aliphatic rings. The van der Waals surface area contributed by atoms with Crippen molar-refractivity contribution in [2.24, 2.45) is 0 Å². The van der Waals surface area contributed by atoms with Crippen molar-refractivity contribution >= 4 is 24.0 Å². The topological polar surface area (TPSA) is 59.0 Å². The van der Waals surface area contributed by atoms with Crippen LogP contribution >= 0.6 is 12.4 Å². The molecule has 1 saturated heterocycles. The molecule has 0 saturated carbocycles. The Bertz CT molecular complexity index is 579. The van der Waals surface area contributed by atoms with E-state index in [1.54, 1.807) is 10.9 Å². The van der Waals surface area contributed by atoms with E-state index in [4.69, 9.17) is 0 Å². The number of piperidine rings is 1. The van der Waals surface area contributed by atoms with Gasteiger partial charge in [-0.1, -0.05) is 12.5 Å².